The summed E-state index contributed by atoms with van der Waals surface area (Å²) in [5.41, 5.74) is 1.52. The molecule has 3 rings (SSSR count). The van der Waals surface area contributed by atoms with Crippen LogP contribution >= 0.6 is 11.8 Å². The van der Waals surface area contributed by atoms with E-state index in [2.05, 4.69) is 29.6 Å². The first-order valence-electron chi connectivity index (χ1n) is 5.88. The van der Waals surface area contributed by atoms with E-state index in [0.717, 1.165) is 5.92 Å². The molecule has 0 aromatic heterocycles. The average molecular weight is 219 g/mol. The van der Waals surface area contributed by atoms with Crippen LogP contribution < -0.4 is 5.32 Å². The Morgan fingerprint density at radius 1 is 1.20 bits per heavy atom. The summed E-state index contributed by atoms with van der Waals surface area (Å²) in [4.78, 5) is 1.48. The molecule has 0 spiro atoms. The molecule has 80 valence electrons. The molecular formula is C13H17NS. The molecule has 1 aliphatic heterocycles. The summed E-state index contributed by atoms with van der Waals surface area (Å²) in [7, 11) is 0. The average Bonchev–Trinajstić information content (AvgIpc) is 3.10. The Kier molecular flexibility index (Phi) is 2.72. The van der Waals surface area contributed by atoms with Crippen LogP contribution in [0.25, 0.3) is 0 Å². The topological polar surface area (TPSA) is 12.0 Å². The molecule has 1 aliphatic carbocycles. The minimum Gasteiger partial charge on any atom is -0.310 e. The van der Waals surface area contributed by atoms with Gasteiger partial charge in [-0.3, -0.25) is 0 Å². The molecule has 15 heavy (non-hydrogen) atoms. The highest BCUT2D eigenvalue weighted by Gasteiger charge is 2.24. The molecule has 0 radical (unpaired) electrons. The Labute approximate surface area is 95.6 Å². The van der Waals surface area contributed by atoms with Crippen molar-refractivity contribution < 1.29 is 0 Å². The molecule has 1 fully saturated rings. The van der Waals surface area contributed by atoms with Crippen LogP contribution in [0.15, 0.2) is 29.2 Å². The van der Waals surface area contributed by atoms with E-state index >= 15 is 0 Å². The van der Waals surface area contributed by atoms with Gasteiger partial charge in [0, 0.05) is 10.9 Å². The maximum Gasteiger partial charge on any atom is 0.0339 e. The van der Waals surface area contributed by atoms with E-state index in [9.17, 15) is 0 Å². The minimum atomic E-state index is 0.614. The number of benzene rings is 1. The quantitative estimate of drug-likeness (QED) is 0.837. The Bertz CT molecular complexity index is 346. The number of fused-ring (bicyclic) bond motifs is 1. The predicted molar refractivity (Wildman–Crippen MR) is 65.3 cm³/mol. The third kappa shape index (κ3) is 2.21. The molecule has 0 saturated heterocycles. The van der Waals surface area contributed by atoms with Gasteiger partial charge in [-0.15, -0.1) is 11.8 Å². The molecular weight excluding hydrogens is 202 g/mol. The van der Waals surface area contributed by atoms with E-state index in [-0.39, 0.29) is 0 Å². The third-order valence-electron chi connectivity index (χ3n) is 3.31. The van der Waals surface area contributed by atoms with Crippen LogP contribution in [-0.2, 0) is 0 Å². The first-order chi connectivity index (χ1) is 7.43. The molecule has 1 atom stereocenters. The van der Waals surface area contributed by atoms with Crippen molar-refractivity contribution in [2.45, 2.75) is 30.2 Å². The zero-order valence-corrected chi connectivity index (χ0v) is 9.72. The number of thioether (sulfide) groups is 1. The standard InChI is InChI=1S/C13H17NS/c1-2-4-13-11(3-1)12(7-8-15-13)14-9-10-5-6-10/h1-4,10,12,14H,5-9H2. The second kappa shape index (κ2) is 4.18. The highest BCUT2D eigenvalue weighted by atomic mass is 32.2. The van der Waals surface area contributed by atoms with Crippen molar-refractivity contribution in [2.24, 2.45) is 5.92 Å². The van der Waals surface area contributed by atoms with Crippen LogP contribution in [0, 0.1) is 5.92 Å². The molecule has 1 unspecified atom stereocenters. The van der Waals surface area contributed by atoms with Gasteiger partial charge in [0.2, 0.25) is 0 Å². The van der Waals surface area contributed by atoms with Crippen LogP contribution in [0.2, 0.25) is 0 Å². The molecule has 1 nitrogen and oxygen atoms in total. The summed E-state index contributed by atoms with van der Waals surface area (Å²) >= 11 is 2.00. The van der Waals surface area contributed by atoms with Gasteiger partial charge in [0.15, 0.2) is 0 Å². The lowest BCUT2D eigenvalue weighted by Gasteiger charge is -2.26. The van der Waals surface area contributed by atoms with E-state index in [0.29, 0.717) is 6.04 Å². The van der Waals surface area contributed by atoms with Crippen molar-refractivity contribution in [1.29, 1.82) is 0 Å². The van der Waals surface area contributed by atoms with Gasteiger partial charge >= 0.3 is 0 Å². The summed E-state index contributed by atoms with van der Waals surface area (Å²) in [5.74, 6) is 2.24. The summed E-state index contributed by atoms with van der Waals surface area (Å²) in [6.07, 6.45) is 4.17. The first kappa shape index (κ1) is 9.73. The van der Waals surface area contributed by atoms with Crippen LogP contribution in [-0.4, -0.2) is 12.3 Å². The fourth-order valence-corrected chi connectivity index (χ4v) is 3.31. The van der Waals surface area contributed by atoms with Gasteiger partial charge in [-0.1, -0.05) is 18.2 Å². The third-order valence-corrected chi connectivity index (χ3v) is 4.43. The summed E-state index contributed by atoms with van der Waals surface area (Å²) < 4.78 is 0. The van der Waals surface area contributed by atoms with Gasteiger partial charge < -0.3 is 5.32 Å². The SMILES string of the molecule is c1ccc2c(c1)SCCC2NCC1CC1. The number of nitrogens with one attached hydrogen (secondary N) is 1. The van der Waals surface area contributed by atoms with Gasteiger partial charge in [-0.05, 0) is 49.1 Å². The van der Waals surface area contributed by atoms with Crippen molar-refractivity contribution in [1.82, 2.24) is 5.32 Å². The monoisotopic (exact) mass is 219 g/mol. The largest absolute Gasteiger partial charge is 0.310 e. The van der Waals surface area contributed by atoms with Gasteiger partial charge in [-0.25, -0.2) is 0 Å². The zero-order chi connectivity index (χ0) is 10.1. The summed E-state index contributed by atoms with van der Waals surface area (Å²) in [6.45, 7) is 1.23. The van der Waals surface area contributed by atoms with Crippen LogP contribution in [0.3, 0.4) is 0 Å². The molecule has 1 heterocycles. The Morgan fingerprint density at radius 2 is 2.07 bits per heavy atom. The second-order valence-corrected chi connectivity index (χ2v) is 5.72. The van der Waals surface area contributed by atoms with E-state index in [1.165, 1.54) is 42.0 Å². The summed E-state index contributed by atoms with van der Waals surface area (Å²) in [5, 5.41) is 3.73. The van der Waals surface area contributed by atoms with Crippen molar-refractivity contribution in [3.63, 3.8) is 0 Å². The molecule has 1 saturated carbocycles. The smallest absolute Gasteiger partial charge is 0.0339 e. The van der Waals surface area contributed by atoms with E-state index < -0.39 is 0 Å². The molecule has 2 heteroatoms. The maximum atomic E-state index is 3.73. The fourth-order valence-electron chi connectivity index (χ4n) is 2.19. The number of hydrogen-bond donors (Lipinski definition) is 1. The number of rotatable bonds is 3. The lowest BCUT2D eigenvalue weighted by Crippen LogP contribution is -2.26. The van der Waals surface area contributed by atoms with Crippen LogP contribution in [0.5, 0.6) is 0 Å². The molecule has 2 aliphatic rings. The molecule has 1 aromatic rings. The van der Waals surface area contributed by atoms with Crippen LogP contribution in [0.1, 0.15) is 30.9 Å². The van der Waals surface area contributed by atoms with Crippen molar-refractivity contribution >= 4 is 11.8 Å². The van der Waals surface area contributed by atoms with Gasteiger partial charge in [-0.2, -0.15) is 0 Å². The minimum absolute atomic E-state index is 0.614. The van der Waals surface area contributed by atoms with Crippen LogP contribution in [0.4, 0.5) is 0 Å². The van der Waals surface area contributed by atoms with E-state index in [4.69, 9.17) is 0 Å². The molecule has 1 N–H and O–H groups in total. The first-order valence-corrected chi connectivity index (χ1v) is 6.87. The van der Waals surface area contributed by atoms with Gasteiger partial charge in [0.05, 0.1) is 0 Å². The van der Waals surface area contributed by atoms with Crippen molar-refractivity contribution in [2.75, 3.05) is 12.3 Å². The fraction of sp³-hybridized carbons (Fsp3) is 0.538. The Hall–Kier alpha value is -0.470. The Balaban J connectivity index is 1.73. The second-order valence-electron chi connectivity index (χ2n) is 4.58. The predicted octanol–water partition coefficient (Wildman–Crippen LogP) is 3.22. The lowest BCUT2D eigenvalue weighted by molar-refractivity contribution is 0.495. The highest BCUT2D eigenvalue weighted by molar-refractivity contribution is 7.99. The maximum absolute atomic E-state index is 3.73. The van der Waals surface area contributed by atoms with Crippen molar-refractivity contribution in [3.05, 3.63) is 29.8 Å². The normalized spacial score (nSPS) is 24.9. The van der Waals surface area contributed by atoms with E-state index in [1.54, 1.807) is 0 Å². The zero-order valence-electron chi connectivity index (χ0n) is 8.91. The van der Waals surface area contributed by atoms with Crippen molar-refractivity contribution in [3.8, 4) is 0 Å². The van der Waals surface area contributed by atoms with Gasteiger partial charge in [0.1, 0.15) is 0 Å². The van der Waals surface area contributed by atoms with E-state index in [1.807, 2.05) is 11.8 Å². The molecule has 0 amide bonds. The lowest BCUT2D eigenvalue weighted by atomic mass is 10.0. The van der Waals surface area contributed by atoms with Gasteiger partial charge in [0.25, 0.3) is 0 Å². The number of hydrogen-bond acceptors (Lipinski definition) is 2. The molecule has 0 bridgehead atoms. The molecule has 1 aromatic carbocycles. The summed E-state index contributed by atoms with van der Waals surface area (Å²) in [6, 6.07) is 9.46. The highest BCUT2D eigenvalue weighted by Crippen LogP contribution is 2.36. The Morgan fingerprint density at radius 3 is 2.93 bits per heavy atom.